The molecule has 0 fully saturated rings. The number of nitrogens with zero attached hydrogens (tertiary/aromatic N) is 2. The molecule has 0 saturated heterocycles. The van der Waals surface area contributed by atoms with Crippen LogP contribution in [0.1, 0.15) is 31.7 Å². The van der Waals surface area contributed by atoms with Gasteiger partial charge in [-0.3, -0.25) is 4.79 Å². The van der Waals surface area contributed by atoms with Crippen LogP contribution >= 0.6 is 15.9 Å². The van der Waals surface area contributed by atoms with E-state index < -0.39 is 17.3 Å². The molecule has 2 N–H and O–H groups in total. The van der Waals surface area contributed by atoms with Crippen LogP contribution in [-0.4, -0.2) is 35.8 Å². The first-order chi connectivity index (χ1) is 11.4. The molecule has 1 aliphatic rings. The van der Waals surface area contributed by atoms with Crippen LogP contribution in [-0.2, 0) is 9.53 Å². The van der Waals surface area contributed by atoms with Gasteiger partial charge in [0.25, 0.3) is 0 Å². The van der Waals surface area contributed by atoms with Crippen molar-refractivity contribution in [3.63, 3.8) is 0 Å². The average Bonchev–Trinajstić information content (AvgIpc) is 2.54. The smallest absolute Gasteiger partial charge is 0.312 e. The second-order valence-corrected chi connectivity index (χ2v) is 6.87. The Bertz CT molecular complexity index is 713. The Morgan fingerprint density at radius 3 is 2.88 bits per heavy atom. The van der Waals surface area contributed by atoms with E-state index in [2.05, 4.69) is 32.3 Å². The Hall–Kier alpha value is -1.91. The van der Waals surface area contributed by atoms with E-state index in [0.717, 1.165) is 5.56 Å². The van der Waals surface area contributed by atoms with Crippen LogP contribution in [0.25, 0.3) is 0 Å². The lowest BCUT2D eigenvalue weighted by molar-refractivity contribution is -0.151. The zero-order valence-electron chi connectivity index (χ0n) is 13.8. The minimum Gasteiger partial charge on any atom is -0.481 e. The summed E-state index contributed by atoms with van der Waals surface area (Å²) in [4.78, 5) is 16.3. The normalized spacial score (nSPS) is 26.6. The largest absolute Gasteiger partial charge is 0.481 e. The molecule has 3 unspecified atom stereocenters. The number of rotatable bonds is 5. The summed E-state index contributed by atoms with van der Waals surface area (Å²) in [6.07, 6.45) is 2.14. The molecule has 6 nitrogen and oxygen atoms in total. The Labute approximate surface area is 149 Å². The zero-order valence-corrected chi connectivity index (χ0v) is 15.4. The first-order valence-corrected chi connectivity index (χ1v) is 8.36. The second kappa shape index (κ2) is 7.32. The molecule has 7 heteroatoms. The Morgan fingerprint density at radius 2 is 2.33 bits per heavy atom. The summed E-state index contributed by atoms with van der Waals surface area (Å²) in [6, 6.07) is 5.37. The van der Waals surface area contributed by atoms with Gasteiger partial charge in [-0.1, -0.05) is 0 Å². The summed E-state index contributed by atoms with van der Waals surface area (Å²) in [5, 5.41) is 22.9. The highest BCUT2D eigenvalue weighted by atomic mass is 79.9. The third-order valence-electron chi connectivity index (χ3n) is 4.68. The van der Waals surface area contributed by atoms with Crippen LogP contribution in [0.2, 0.25) is 0 Å². The van der Waals surface area contributed by atoms with Gasteiger partial charge in [0, 0.05) is 37.6 Å². The fourth-order valence-electron chi connectivity index (χ4n) is 3.35. The molecule has 0 aromatic carbocycles. The minimum atomic E-state index is -1.19. The summed E-state index contributed by atoms with van der Waals surface area (Å²) in [5.41, 5.74) is 0.702. The van der Waals surface area contributed by atoms with E-state index in [9.17, 15) is 15.2 Å². The predicted octanol–water partition coefficient (Wildman–Crippen LogP) is 2.82. The molecule has 1 aromatic rings. The second-order valence-electron chi connectivity index (χ2n) is 6.06. The highest BCUT2D eigenvalue weighted by Gasteiger charge is 2.53. The number of hydrogen-bond donors (Lipinski definition) is 2. The number of aromatic nitrogens is 1. The molecule has 0 bridgehead atoms. The lowest BCUT2D eigenvalue weighted by Gasteiger charge is -2.45. The summed E-state index contributed by atoms with van der Waals surface area (Å²) >= 11 is 3.32. The zero-order chi connectivity index (χ0) is 17.9. The highest BCUT2D eigenvalue weighted by Crippen LogP contribution is 2.48. The summed E-state index contributed by atoms with van der Waals surface area (Å²) in [7, 11) is 1.59. The van der Waals surface area contributed by atoms with Crippen molar-refractivity contribution in [3.8, 4) is 6.07 Å². The highest BCUT2D eigenvalue weighted by molar-refractivity contribution is 9.10. The van der Waals surface area contributed by atoms with Crippen molar-refractivity contribution >= 4 is 21.9 Å². The van der Waals surface area contributed by atoms with Gasteiger partial charge in [0.1, 0.15) is 4.60 Å². The maximum Gasteiger partial charge on any atom is 0.312 e. The predicted molar refractivity (Wildman–Crippen MR) is 92.2 cm³/mol. The Kier molecular flexibility index (Phi) is 5.62. The van der Waals surface area contributed by atoms with Crippen LogP contribution < -0.4 is 5.32 Å². The number of pyridine rings is 1. The maximum absolute atomic E-state index is 12.2. The van der Waals surface area contributed by atoms with Gasteiger partial charge in [-0.05, 0) is 53.9 Å². The van der Waals surface area contributed by atoms with Crippen molar-refractivity contribution in [1.82, 2.24) is 10.3 Å². The monoisotopic (exact) mass is 393 g/mol. The topological polar surface area (TPSA) is 95.2 Å². The van der Waals surface area contributed by atoms with Crippen molar-refractivity contribution in [1.29, 1.82) is 5.26 Å². The van der Waals surface area contributed by atoms with E-state index in [4.69, 9.17) is 4.74 Å². The molecule has 24 heavy (non-hydrogen) atoms. The van der Waals surface area contributed by atoms with E-state index in [0.29, 0.717) is 28.9 Å². The molecule has 3 atom stereocenters. The van der Waals surface area contributed by atoms with Crippen molar-refractivity contribution in [2.24, 2.45) is 5.41 Å². The fraction of sp³-hybridized carbons (Fsp3) is 0.471. The molecular weight excluding hydrogens is 374 g/mol. The van der Waals surface area contributed by atoms with Gasteiger partial charge in [0.05, 0.1) is 17.1 Å². The number of carboxylic acid groups (broad SMARTS) is 1. The number of allylic oxidation sites excluding steroid dienone is 2. The van der Waals surface area contributed by atoms with Gasteiger partial charge in [0.2, 0.25) is 0 Å². The van der Waals surface area contributed by atoms with Gasteiger partial charge in [-0.25, -0.2) is 4.98 Å². The summed E-state index contributed by atoms with van der Waals surface area (Å²) in [5.74, 6) is -1.52. The van der Waals surface area contributed by atoms with Gasteiger partial charge < -0.3 is 15.2 Å². The van der Waals surface area contributed by atoms with E-state index in [1.54, 1.807) is 32.4 Å². The van der Waals surface area contributed by atoms with Gasteiger partial charge >= 0.3 is 5.97 Å². The third kappa shape index (κ3) is 3.17. The minimum absolute atomic E-state index is 0.357. The van der Waals surface area contributed by atoms with E-state index >= 15 is 0 Å². The molecule has 0 aliphatic carbocycles. The quantitative estimate of drug-likeness (QED) is 0.746. The number of carbonyl (C=O) groups is 1. The molecule has 2 rings (SSSR count). The van der Waals surface area contributed by atoms with E-state index in [-0.39, 0.29) is 6.04 Å². The number of hydrogen-bond acceptors (Lipinski definition) is 5. The molecule has 2 heterocycles. The number of ether oxygens (including phenoxy) is 1. The van der Waals surface area contributed by atoms with Gasteiger partial charge in [-0.15, -0.1) is 0 Å². The molecule has 1 aliphatic heterocycles. The number of nitrogens with one attached hydrogen (secondary N) is 1. The van der Waals surface area contributed by atoms with Crippen molar-refractivity contribution in [2.45, 2.75) is 32.2 Å². The molecule has 1 aromatic heterocycles. The lowest BCUT2D eigenvalue weighted by atomic mass is 9.62. The number of nitriles is 1. The third-order valence-corrected chi connectivity index (χ3v) is 5.12. The number of halogens is 1. The number of methoxy groups -OCH3 is 1. The summed E-state index contributed by atoms with van der Waals surface area (Å²) < 4.78 is 5.74. The Balaban J connectivity index is 2.65. The Morgan fingerprint density at radius 1 is 1.62 bits per heavy atom. The van der Waals surface area contributed by atoms with Crippen LogP contribution in [0.15, 0.2) is 34.2 Å². The van der Waals surface area contributed by atoms with Gasteiger partial charge in [-0.2, -0.15) is 5.26 Å². The molecule has 0 saturated carbocycles. The van der Waals surface area contributed by atoms with Crippen LogP contribution in [0.4, 0.5) is 0 Å². The molecule has 0 spiro atoms. The van der Waals surface area contributed by atoms with E-state index in [1.807, 2.05) is 6.92 Å². The molecule has 0 radical (unpaired) electrons. The average molecular weight is 394 g/mol. The first kappa shape index (κ1) is 18.4. The fourth-order valence-corrected chi connectivity index (χ4v) is 3.73. The van der Waals surface area contributed by atoms with Crippen molar-refractivity contribution < 1.29 is 14.6 Å². The van der Waals surface area contributed by atoms with Crippen molar-refractivity contribution in [2.75, 3.05) is 13.7 Å². The molecular formula is C17H20BrN3O3. The first-order valence-electron chi connectivity index (χ1n) is 7.57. The van der Waals surface area contributed by atoms with Crippen LogP contribution in [0.3, 0.4) is 0 Å². The lowest BCUT2D eigenvalue weighted by Crippen LogP contribution is -2.55. The number of carboxylic acids is 1. The van der Waals surface area contributed by atoms with Gasteiger partial charge in [0.15, 0.2) is 0 Å². The molecule has 0 amide bonds. The maximum atomic E-state index is 12.2. The summed E-state index contributed by atoms with van der Waals surface area (Å²) in [6.45, 7) is 3.93. The SMILES string of the molecule is COCCC1NC(C)=C(C#N)C(c2ccnc(Br)c2)C1(C)C(=O)O. The standard InChI is InChI=1S/C17H20BrN3O3/c1-10-12(9-19)15(11-4-6-20-14(18)8-11)17(2,16(22)23)13(21-10)5-7-24-3/h4,6,8,13,15,21H,5,7H2,1-3H3,(H,22,23). The number of aliphatic carboxylic acids is 1. The molecule has 128 valence electrons. The van der Waals surface area contributed by atoms with Crippen LogP contribution in [0.5, 0.6) is 0 Å². The van der Waals surface area contributed by atoms with Crippen LogP contribution in [0, 0.1) is 16.7 Å². The van der Waals surface area contributed by atoms with E-state index in [1.165, 1.54) is 0 Å². The van der Waals surface area contributed by atoms with Crippen molar-refractivity contribution in [3.05, 3.63) is 39.8 Å².